The molecular weight excluding hydrogens is 360 g/mol. The monoisotopic (exact) mass is 384 g/mol. The Balaban J connectivity index is 1.73. The van der Waals surface area contributed by atoms with Crippen molar-refractivity contribution in [1.29, 1.82) is 0 Å². The van der Waals surface area contributed by atoms with Crippen LogP contribution in [0.2, 0.25) is 0 Å². The van der Waals surface area contributed by atoms with Gasteiger partial charge in [-0.05, 0) is 5.56 Å². The lowest BCUT2D eigenvalue weighted by molar-refractivity contribution is -0.917. The SMILES string of the molecule is O=C(N[C@@H](Cc1ccccc1)C(=O)O)C1COCC[N+]1([O-])Cc1ccccc1. The van der Waals surface area contributed by atoms with Crippen molar-refractivity contribution < 1.29 is 24.1 Å². The minimum Gasteiger partial charge on any atom is -0.632 e. The largest absolute Gasteiger partial charge is 0.632 e. The number of aliphatic carboxylic acids is 1. The number of nitrogens with one attached hydrogen (secondary N) is 1. The van der Waals surface area contributed by atoms with Crippen LogP contribution in [0, 0.1) is 5.21 Å². The maximum Gasteiger partial charge on any atom is 0.326 e. The molecule has 2 N–H and O–H groups in total. The third-order valence-corrected chi connectivity index (χ3v) is 4.95. The number of hydrogen-bond donors (Lipinski definition) is 2. The van der Waals surface area contributed by atoms with Crippen LogP contribution in [0.25, 0.3) is 0 Å². The number of ether oxygens (including phenoxy) is 1. The van der Waals surface area contributed by atoms with Crippen LogP contribution in [0.15, 0.2) is 60.7 Å². The molecule has 1 aliphatic rings. The fraction of sp³-hybridized carbons (Fsp3) is 0.333. The number of carbonyl (C=O) groups excluding carboxylic acids is 1. The van der Waals surface area contributed by atoms with E-state index in [2.05, 4.69) is 5.32 Å². The minimum absolute atomic E-state index is 0.0279. The Morgan fingerprint density at radius 3 is 2.32 bits per heavy atom. The molecule has 0 saturated carbocycles. The van der Waals surface area contributed by atoms with Crippen molar-refractivity contribution in [3.8, 4) is 0 Å². The standard InChI is InChI=1S/C21H24N2O5/c24-20(22-18(21(25)26)13-16-7-3-1-4-8-16)19-15-28-12-11-23(19,27)14-17-9-5-2-6-10-17/h1-10,18-19H,11-15H2,(H,22,24)(H,25,26)/t18-,19?,23?/m0/s1. The highest BCUT2D eigenvalue weighted by molar-refractivity contribution is 5.86. The van der Waals surface area contributed by atoms with Gasteiger partial charge >= 0.3 is 5.97 Å². The first kappa shape index (κ1) is 20.0. The van der Waals surface area contributed by atoms with E-state index in [9.17, 15) is 19.9 Å². The molecule has 3 rings (SSSR count). The summed E-state index contributed by atoms with van der Waals surface area (Å²) in [6.07, 6.45) is 0.146. The summed E-state index contributed by atoms with van der Waals surface area (Å²) in [6.45, 7) is 0.522. The Kier molecular flexibility index (Phi) is 6.41. The number of carbonyl (C=O) groups is 2. The quantitative estimate of drug-likeness (QED) is 0.559. The summed E-state index contributed by atoms with van der Waals surface area (Å²) in [4.78, 5) is 24.5. The van der Waals surface area contributed by atoms with Crippen LogP contribution in [0.3, 0.4) is 0 Å². The smallest absolute Gasteiger partial charge is 0.326 e. The second-order valence-corrected chi connectivity index (χ2v) is 7.00. The van der Waals surface area contributed by atoms with Crippen molar-refractivity contribution in [2.75, 3.05) is 19.8 Å². The topological polar surface area (TPSA) is 98.7 Å². The van der Waals surface area contributed by atoms with Crippen molar-refractivity contribution >= 4 is 11.9 Å². The van der Waals surface area contributed by atoms with Gasteiger partial charge in [0, 0.05) is 12.0 Å². The Morgan fingerprint density at radius 2 is 1.71 bits per heavy atom. The molecule has 2 unspecified atom stereocenters. The van der Waals surface area contributed by atoms with Gasteiger partial charge in [-0.25, -0.2) is 4.79 Å². The molecule has 1 heterocycles. The molecule has 28 heavy (non-hydrogen) atoms. The Labute approximate surface area is 163 Å². The minimum atomic E-state index is -1.14. The summed E-state index contributed by atoms with van der Waals surface area (Å²) in [5, 5.41) is 25.5. The molecule has 148 valence electrons. The number of hydroxylamine groups is 3. The number of rotatable bonds is 7. The van der Waals surface area contributed by atoms with Crippen LogP contribution in [0.1, 0.15) is 11.1 Å². The van der Waals surface area contributed by atoms with E-state index in [0.29, 0.717) is 0 Å². The molecule has 3 atom stereocenters. The number of benzene rings is 2. The number of nitrogens with zero attached hydrogens (tertiary/aromatic N) is 1. The molecule has 0 radical (unpaired) electrons. The average molecular weight is 384 g/mol. The van der Waals surface area contributed by atoms with Gasteiger partial charge in [0.25, 0.3) is 5.91 Å². The van der Waals surface area contributed by atoms with E-state index < -0.39 is 28.6 Å². The average Bonchev–Trinajstić information content (AvgIpc) is 2.69. The number of amides is 1. The van der Waals surface area contributed by atoms with Crippen molar-refractivity contribution in [1.82, 2.24) is 5.32 Å². The van der Waals surface area contributed by atoms with Gasteiger partial charge in [0.2, 0.25) is 0 Å². The van der Waals surface area contributed by atoms with Crippen molar-refractivity contribution in [3.63, 3.8) is 0 Å². The normalized spacial score (nSPS) is 23.0. The number of hydrogen-bond acceptors (Lipinski definition) is 4. The zero-order valence-corrected chi connectivity index (χ0v) is 15.5. The Bertz CT molecular complexity index is 799. The first-order chi connectivity index (χ1) is 13.5. The summed E-state index contributed by atoms with van der Waals surface area (Å²) >= 11 is 0. The summed E-state index contributed by atoms with van der Waals surface area (Å²) < 4.78 is 4.62. The van der Waals surface area contributed by atoms with Crippen LogP contribution in [-0.4, -0.2) is 53.5 Å². The molecule has 1 fully saturated rings. The molecular formula is C21H24N2O5. The van der Waals surface area contributed by atoms with Gasteiger partial charge < -0.3 is 25.0 Å². The lowest BCUT2D eigenvalue weighted by Crippen LogP contribution is -2.64. The van der Waals surface area contributed by atoms with Crippen LogP contribution in [0.5, 0.6) is 0 Å². The van der Waals surface area contributed by atoms with E-state index in [1.165, 1.54) is 0 Å². The molecule has 2 aromatic carbocycles. The van der Waals surface area contributed by atoms with E-state index in [-0.39, 0.29) is 32.7 Å². The Morgan fingerprint density at radius 1 is 1.11 bits per heavy atom. The van der Waals surface area contributed by atoms with Gasteiger partial charge in [-0.2, -0.15) is 0 Å². The number of carboxylic acid groups (broad SMARTS) is 1. The van der Waals surface area contributed by atoms with E-state index in [1.807, 2.05) is 48.5 Å². The van der Waals surface area contributed by atoms with Crippen LogP contribution < -0.4 is 5.32 Å². The van der Waals surface area contributed by atoms with Gasteiger partial charge in [-0.1, -0.05) is 60.7 Å². The lowest BCUT2D eigenvalue weighted by Gasteiger charge is -2.50. The second-order valence-electron chi connectivity index (χ2n) is 7.00. The zero-order chi connectivity index (χ0) is 20.0. The Hall–Kier alpha value is -2.74. The first-order valence-corrected chi connectivity index (χ1v) is 9.24. The van der Waals surface area contributed by atoms with Crippen LogP contribution in [-0.2, 0) is 27.3 Å². The summed E-state index contributed by atoms with van der Waals surface area (Å²) in [6, 6.07) is 16.2. The zero-order valence-electron chi connectivity index (χ0n) is 15.5. The maximum absolute atomic E-state index is 13.4. The summed E-state index contributed by atoms with van der Waals surface area (Å²) in [5.74, 6) is -1.73. The molecule has 2 aromatic rings. The van der Waals surface area contributed by atoms with Crippen LogP contribution in [0.4, 0.5) is 0 Å². The van der Waals surface area contributed by atoms with Gasteiger partial charge in [0.1, 0.15) is 25.7 Å². The molecule has 7 heteroatoms. The third-order valence-electron chi connectivity index (χ3n) is 4.95. The van der Waals surface area contributed by atoms with Gasteiger partial charge in [-0.15, -0.1) is 0 Å². The van der Waals surface area contributed by atoms with Crippen LogP contribution >= 0.6 is 0 Å². The highest BCUT2D eigenvalue weighted by atomic mass is 16.6. The molecule has 7 nitrogen and oxygen atoms in total. The summed E-state index contributed by atoms with van der Waals surface area (Å²) in [5.41, 5.74) is 1.62. The second kappa shape index (κ2) is 8.97. The molecule has 0 aromatic heterocycles. The highest BCUT2D eigenvalue weighted by Crippen LogP contribution is 2.22. The highest BCUT2D eigenvalue weighted by Gasteiger charge is 2.40. The van der Waals surface area contributed by atoms with Crippen molar-refractivity contribution in [3.05, 3.63) is 77.0 Å². The number of quaternary nitrogens is 1. The molecule has 0 spiro atoms. The molecule has 1 saturated heterocycles. The third kappa shape index (κ3) is 4.95. The summed E-state index contributed by atoms with van der Waals surface area (Å²) in [7, 11) is 0. The molecule has 1 aliphatic heterocycles. The molecule has 1 amide bonds. The molecule has 0 bridgehead atoms. The van der Waals surface area contributed by atoms with Gasteiger partial charge in [0.15, 0.2) is 6.04 Å². The predicted molar refractivity (Wildman–Crippen MR) is 103 cm³/mol. The van der Waals surface area contributed by atoms with E-state index >= 15 is 0 Å². The first-order valence-electron chi connectivity index (χ1n) is 9.24. The van der Waals surface area contributed by atoms with E-state index in [0.717, 1.165) is 11.1 Å². The number of morpholine rings is 1. The number of carboxylic acids is 1. The lowest BCUT2D eigenvalue weighted by atomic mass is 10.0. The fourth-order valence-corrected chi connectivity index (χ4v) is 3.39. The fourth-order valence-electron chi connectivity index (χ4n) is 3.39. The van der Waals surface area contributed by atoms with Gasteiger partial charge in [0.05, 0.1) is 6.61 Å². The van der Waals surface area contributed by atoms with Crippen molar-refractivity contribution in [2.24, 2.45) is 0 Å². The van der Waals surface area contributed by atoms with Crippen molar-refractivity contribution in [2.45, 2.75) is 25.0 Å². The molecule has 0 aliphatic carbocycles. The predicted octanol–water partition coefficient (Wildman–Crippen LogP) is 1.71. The maximum atomic E-state index is 13.4. The van der Waals surface area contributed by atoms with Gasteiger partial charge in [-0.3, -0.25) is 4.79 Å². The van der Waals surface area contributed by atoms with E-state index in [1.54, 1.807) is 12.1 Å². The van der Waals surface area contributed by atoms with E-state index in [4.69, 9.17) is 4.74 Å².